The zero-order valence-electron chi connectivity index (χ0n) is 15.4. The van der Waals surface area contributed by atoms with Gasteiger partial charge in [0.1, 0.15) is 11.2 Å². The first kappa shape index (κ1) is 17.2. The normalized spacial score (nSPS) is 11.0. The van der Waals surface area contributed by atoms with E-state index in [1.807, 2.05) is 42.5 Å². The summed E-state index contributed by atoms with van der Waals surface area (Å²) in [5.74, 6) is 0.260. The molecule has 4 nitrogen and oxygen atoms in total. The van der Waals surface area contributed by atoms with Crippen LogP contribution in [-0.2, 0) is 6.42 Å². The van der Waals surface area contributed by atoms with Gasteiger partial charge in [-0.25, -0.2) is 15.0 Å². The first-order valence-corrected chi connectivity index (χ1v) is 9.33. The van der Waals surface area contributed by atoms with Gasteiger partial charge in [0, 0.05) is 11.1 Å². The molecule has 0 amide bonds. The molecular formula is C23H22N4. The Hall–Kier alpha value is -3.27. The van der Waals surface area contributed by atoms with Crippen LogP contribution in [0, 0.1) is 0 Å². The molecule has 0 unspecified atom stereocenters. The number of hydrogen-bond donors (Lipinski definition) is 1. The minimum Gasteiger partial charge on any atom is -0.368 e. The van der Waals surface area contributed by atoms with Gasteiger partial charge >= 0.3 is 0 Å². The molecule has 27 heavy (non-hydrogen) atoms. The Morgan fingerprint density at radius 1 is 0.778 bits per heavy atom. The monoisotopic (exact) mass is 354 g/mol. The number of anilines is 1. The van der Waals surface area contributed by atoms with Crippen LogP contribution >= 0.6 is 0 Å². The van der Waals surface area contributed by atoms with Gasteiger partial charge in [0.15, 0.2) is 0 Å². The van der Waals surface area contributed by atoms with Crippen molar-refractivity contribution in [3.63, 3.8) is 0 Å². The van der Waals surface area contributed by atoms with E-state index < -0.39 is 0 Å². The summed E-state index contributed by atoms with van der Waals surface area (Å²) in [6.07, 6.45) is 3.54. The zero-order chi connectivity index (χ0) is 18.6. The summed E-state index contributed by atoms with van der Waals surface area (Å²) in [6, 6.07) is 22.6. The number of aromatic nitrogens is 3. The molecule has 0 saturated carbocycles. The molecule has 0 fully saturated rings. The van der Waals surface area contributed by atoms with Crippen LogP contribution in [0.25, 0.3) is 33.5 Å². The van der Waals surface area contributed by atoms with Crippen LogP contribution < -0.4 is 5.73 Å². The van der Waals surface area contributed by atoms with Crippen LogP contribution in [0.5, 0.6) is 0 Å². The van der Waals surface area contributed by atoms with Crippen molar-refractivity contribution in [3.05, 3.63) is 72.3 Å². The molecule has 2 aromatic heterocycles. The van der Waals surface area contributed by atoms with Gasteiger partial charge in [-0.1, -0.05) is 67.9 Å². The van der Waals surface area contributed by atoms with E-state index in [0.717, 1.165) is 40.0 Å². The molecule has 4 rings (SSSR count). The van der Waals surface area contributed by atoms with Crippen molar-refractivity contribution in [2.75, 3.05) is 5.73 Å². The Kier molecular flexibility index (Phi) is 4.79. The van der Waals surface area contributed by atoms with Crippen LogP contribution in [0.4, 0.5) is 5.95 Å². The fraction of sp³-hybridized carbons (Fsp3) is 0.174. The van der Waals surface area contributed by atoms with Gasteiger partial charge < -0.3 is 5.73 Å². The summed E-state index contributed by atoms with van der Waals surface area (Å²) in [6.45, 7) is 2.21. The third-order valence-electron chi connectivity index (χ3n) is 4.68. The van der Waals surface area contributed by atoms with E-state index in [0.29, 0.717) is 0 Å². The number of nitrogens with two attached hydrogens (primary N) is 1. The standard InChI is InChI=1S/C23H22N4/c1-2-3-7-16-10-12-17(13-11-16)19-14-15-20-22(25-19)21(27-23(24)26-20)18-8-5-4-6-9-18/h4-6,8-15H,2-3,7H2,1H3,(H2,24,26,27). The smallest absolute Gasteiger partial charge is 0.221 e. The second-order valence-corrected chi connectivity index (χ2v) is 6.66. The third-order valence-corrected chi connectivity index (χ3v) is 4.68. The van der Waals surface area contributed by atoms with Gasteiger partial charge in [0.05, 0.1) is 11.2 Å². The van der Waals surface area contributed by atoms with Crippen LogP contribution in [0.3, 0.4) is 0 Å². The van der Waals surface area contributed by atoms with Crippen molar-refractivity contribution in [1.29, 1.82) is 0 Å². The second kappa shape index (κ2) is 7.54. The maximum absolute atomic E-state index is 5.92. The fourth-order valence-electron chi connectivity index (χ4n) is 3.21. The summed E-state index contributed by atoms with van der Waals surface area (Å²) < 4.78 is 0. The predicted octanol–water partition coefficient (Wildman–Crippen LogP) is 5.28. The quantitative estimate of drug-likeness (QED) is 0.529. The molecule has 2 heterocycles. The summed E-state index contributed by atoms with van der Waals surface area (Å²) in [5.41, 5.74) is 12.6. The van der Waals surface area contributed by atoms with Gasteiger partial charge in [0.2, 0.25) is 5.95 Å². The Balaban J connectivity index is 1.78. The number of pyridine rings is 1. The molecule has 0 bridgehead atoms. The lowest BCUT2D eigenvalue weighted by Crippen LogP contribution is -2.00. The van der Waals surface area contributed by atoms with Gasteiger partial charge in [-0.05, 0) is 30.5 Å². The van der Waals surface area contributed by atoms with Gasteiger partial charge in [-0.15, -0.1) is 0 Å². The maximum atomic E-state index is 5.92. The minimum absolute atomic E-state index is 0.260. The topological polar surface area (TPSA) is 64.7 Å². The molecule has 2 aromatic carbocycles. The number of aryl methyl sites for hydroxylation is 1. The molecule has 2 N–H and O–H groups in total. The highest BCUT2D eigenvalue weighted by Gasteiger charge is 2.11. The lowest BCUT2D eigenvalue weighted by atomic mass is 10.0. The average molecular weight is 354 g/mol. The number of unbranched alkanes of at least 4 members (excludes halogenated alkanes) is 1. The maximum Gasteiger partial charge on any atom is 0.221 e. The van der Waals surface area contributed by atoms with Crippen molar-refractivity contribution < 1.29 is 0 Å². The molecule has 4 aromatic rings. The van der Waals surface area contributed by atoms with Gasteiger partial charge in [-0.2, -0.15) is 0 Å². The van der Waals surface area contributed by atoms with Gasteiger partial charge in [0.25, 0.3) is 0 Å². The Morgan fingerprint density at radius 2 is 1.56 bits per heavy atom. The first-order chi connectivity index (χ1) is 13.2. The van der Waals surface area contributed by atoms with Crippen molar-refractivity contribution in [3.8, 4) is 22.5 Å². The van der Waals surface area contributed by atoms with Crippen LogP contribution in [0.15, 0.2) is 66.7 Å². The third kappa shape index (κ3) is 3.65. The molecule has 0 spiro atoms. The van der Waals surface area contributed by atoms with Crippen molar-refractivity contribution in [2.24, 2.45) is 0 Å². The number of fused-ring (bicyclic) bond motifs is 1. The molecule has 0 aliphatic heterocycles. The van der Waals surface area contributed by atoms with E-state index in [2.05, 4.69) is 41.2 Å². The molecule has 4 heteroatoms. The first-order valence-electron chi connectivity index (χ1n) is 9.33. The van der Waals surface area contributed by atoms with E-state index >= 15 is 0 Å². The molecule has 134 valence electrons. The number of benzene rings is 2. The highest BCUT2D eigenvalue weighted by atomic mass is 15.0. The fourth-order valence-corrected chi connectivity index (χ4v) is 3.21. The molecule has 0 atom stereocenters. The van der Waals surface area contributed by atoms with E-state index in [1.165, 1.54) is 18.4 Å². The molecule has 0 radical (unpaired) electrons. The molecular weight excluding hydrogens is 332 g/mol. The Morgan fingerprint density at radius 3 is 2.30 bits per heavy atom. The van der Waals surface area contributed by atoms with E-state index in [4.69, 9.17) is 10.7 Å². The Labute approximate surface area is 159 Å². The van der Waals surface area contributed by atoms with E-state index in [1.54, 1.807) is 0 Å². The van der Waals surface area contributed by atoms with Crippen molar-refractivity contribution in [2.45, 2.75) is 26.2 Å². The molecule has 0 aliphatic rings. The zero-order valence-corrected chi connectivity index (χ0v) is 15.4. The lowest BCUT2D eigenvalue weighted by molar-refractivity contribution is 0.795. The SMILES string of the molecule is CCCCc1ccc(-c2ccc3nc(N)nc(-c4ccccc4)c3n2)cc1. The number of rotatable bonds is 5. The summed E-state index contributed by atoms with van der Waals surface area (Å²) in [5, 5.41) is 0. The lowest BCUT2D eigenvalue weighted by Gasteiger charge is -2.09. The molecule has 0 aliphatic carbocycles. The number of nitrogens with zero attached hydrogens (tertiary/aromatic N) is 3. The summed E-state index contributed by atoms with van der Waals surface area (Å²) in [4.78, 5) is 13.7. The van der Waals surface area contributed by atoms with Crippen LogP contribution in [0.1, 0.15) is 25.3 Å². The highest BCUT2D eigenvalue weighted by Crippen LogP contribution is 2.28. The van der Waals surface area contributed by atoms with Crippen LogP contribution in [-0.4, -0.2) is 15.0 Å². The highest BCUT2D eigenvalue weighted by molar-refractivity contribution is 5.91. The predicted molar refractivity (Wildman–Crippen MR) is 111 cm³/mol. The van der Waals surface area contributed by atoms with Crippen molar-refractivity contribution >= 4 is 17.0 Å². The number of nitrogen functional groups attached to an aromatic ring is 1. The summed E-state index contributed by atoms with van der Waals surface area (Å²) >= 11 is 0. The average Bonchev–Trinajstić information content (AvgIpc) is 2.72. The number of hydrogen-bond acceptors (Lipinski definition) is 4. The summed E-state index contributed by atoms with van der Waals surface area (Å²) in [7, 11) is 0. The van der Waals surface area contributed by atoms with E-state index in [-0.39, 0.29) is 5.95 Å². The van der Waals surface area contributed by atoms with Crippen molar-refractivity contribution in [1.82, 2.24) is 15.0 Å². The van der Waals surface area contributed by atoms with E-state index in [9.17, 15) is 0 Å². The van der Waals surface area contributed by atoms with Crippen LogP contribution in [0.2, 0.25) is 0 Å². The van der Waals surface area contributed by atoms with Gasteiger partial charge in [-0.3, -0.25) is 0 Å². The largest absolute Gasteiger partial charge is 0.368 e. The second-order valence-electron chi connectivity index (χ2n) is 6.66. The molecule has 0 saturated heterocycles. The Bertz CT molecular complexity index is 1060. The minimum atomic E-state index is 0.260.